The van der Waals surface area contributed by atoms with Crippen LogP contribution in [0, 0.1) is 5.82 Å². The van der Waals surface area contributed by atoms with Gasteiger partial charge in [0.25, 0.3) is 0 Å². The van der Waals surface area contributed by atoms with Crippen molar-refractivity contribution in [3.8, 4) is 11.1 Å². The van der Waals surface area contributed by atoms with Crippen LogP contribution >= 0.6 is 11.6 Å². The van der Waals surface area contributed by atoms with Gasteiger partial charge in [0.2, 0.25) is 5.91 Å². The largest absolute Gasteiger partial charge is 0.447 e. The zero-order chi connectivity index (χ0) is 23.0. The first kappa shape index (κ1) is 22.5. The third-order valence-electron chi connectivity index (χ3n) is 5.78. The number of nitrogens with zero attached hydrogens (tertiary/aromatic N) is 1. The smallest absolute Gasteiger partial charge is 0.407 e. The zero-order valence-electron chi connectivity index (χ0n) is 17.3. The van der Waals surface area contributed by atoms with Gasteiger partial charge in [-0.2, -0.15) is 0 Å². The number of amides is 2. The summed E-state index contributed by atoms with van der Waals surface area (Å²) >= 11 is 5.82. The van der Waals surface area contributed by atoms with E-state index in [1.54, 1.807) is 23.1 Å². The minimum absolute atomic E-state index is 0.00178. The average Bonchev–Trinajstić information content (AvgIpc) is 3.10. The van der Waals surface area contributed by atoms with E-state index in [0.29, 0.717) is 25.9 Å². The van der Waals surface area contributed by atoms with Gasteiger partial charge in [0, 0.05) is 47.8 Å². The summed E-state index contributed by atoms with van der Waals surface area (Å²) in [6.07, 6.45) is 1.43. The lowest BCUT2D eigenvalue weighted by atomic mass is 9.89. The highest BCUT2D eigenvalue weighted by Gasteiger charge is 2.33. The Labute approximate surface area is 190 Å². The first-order valence-corrected chi connectivity index (χ1v) is 12.4. The normalized spacial score (nSPS) is 18.8. The fraction of sp³-hybridized carbons (Fsp3) is 0.364. The lowest BCUT2D eigenvalue weighted by Crippen LogP contribution is -2.48. The maximum absolute atomic E-state index is 14.4. The van der Waals surface area contributed by atoms with Crippen LogP contribution in [-0.4, -0.2) is 57.3 Å². The van der Waals surface area contributed by atoms with Crippen LogP contribution in [0.2, 0.25) is 5.02 Å². The number of nitrogens with one attached hydrogen (secondary N) is 1. The molecule has 0 saturated carbocycles. The number of alkyl carbamates (subject to hydrolysis) is 1. The molecule has 2 aliphatic rings. The maximum atomic E-state index is 14.4. The molecule has 2 amide bonds. The van der Waals surface area contributed by atoms with Gasteiger partial charge in [-0.3, -0.25) is 4.79 Å². The van der Waals surface area contributed by atoms with Crippen LogP contribution in [0.1, 0.15) is 24.3 Å². The monoisotopic (exact) mass is 480 g/mol. The molecule has 1 atom stereocenters. The van der Waals surface area contributed by atoms with Crippen LogP contribution in [0.15, 0.2) is 41.3 Å². The Bertz CT molecular complexity index is 1180. The number of rotatable bonds is 6. The van der Waals surface area contributed by atoms with Gasteiger partial charge in [-0.1, -0.05) is 23.7 Å². The molecule has 4 rings (SSSR count). The summed E-state index contributed by atoms with van der Waals surface area (Å²) in [5.74, 6) is -0.622. The molecule has 2 aromatic rings. The Kier molecular flexibility index (Phi) is 6.13. The summed E-state index contributed by atoms with van der Waals surface area (Å²) in [6.45, 7) is 1.22. The fourth-order valence-corrected chi connectivity index (χ4v) is 5.05. The summed E-state index contributed by atoms with van der Waals surface area (Å²) in [7, 11) is -3.63. The molecule has 0 bridgehead atoms. The van der Waals surface area contributed by atoms with Crippen molar-refractivity contribution < 1.29 is 27.1 Å². The number of cyclic esters (lactones) is 1. The van der Waals surface area contributed by atoms with Crippen molar-refractivity contribution in [1.29, 1.82) is 0 Å². The molecule has 170 valence electrons. The van der Waals surface area contributed by atoms with Crippen LogP contribution < -0.4 is 5.32 Å². The van der Waals surface area contributed by atoms with Crippen LogP contribution in [0.25, 0.3) is 11.1 Å². The number of carbonyl (C=O) groups is 2. The highest BCUT2D eigenvalue weighted by atomic mass is 35.5. The second kappa shape index (κ2) is 8.71. The van der Waals surface area contributed by atoms with E-state index < -0.39 is 21.7 Å². The first-order chi connectivity index (χ1) is 15.1. The molecule has 2 heterocycles. The van der Waals surface area contributed by atoms with Crippen LogP contribution in [0.3, 0.4) is 0 Å². The number of likely N-dealkylation sites (tertiary alicyclic amines) is 1. The molecule has 2 aromatic carbocycles. The highest BCUT2D eigenvalue weighted by molar-refractivity contribution is 7.90. The number of carbonyl (C=O) groups excluding carboxylic acids is 2. The van der Waals surface area contributed by atoms with E-state index in [1.165, 1.54) is 12.1 Å². The van der Waals surface area contributed by atoms with E-state index in [1.807, 2.05) is 0 Å². The summed E-state index contributed by atoms with van der Waals surface area (Å²) in [5, 5.41) is 2.87. The fourth-order valence-electron chi connectivity index (χ4n) is 3.96. The molecule has 32 heavy (non-hydrogen) atoms. The predicted octanol–water partition coefficient (Wildman–Crippen LogP) is 3.36. The Balaban J connectivity index is 1.46. The van der Waals surface area contributed by atoms with Crippen molar-refractivity contribution in [2.45, 2.75) is 29.7 Å². The molecule has 10 heteroatoms. The molecule has 0 aromatic heterocycles. The first-order valence-electron chi connectivity index (χ1n) is 10.1. The quantitative estimate of drug-likeness (QED) is 0.684. The van der Waals surface area contributed by atoms with Gasteiger partial charge in [-0.05, 0) is 36.2 Å². The van der Waals surface area contributed by atoms with Crippen LogP contribution in [-0.2, 0) is 19.4 Å². The lowest BCUT2D eigenvalue weighted by molar-refractivity contribution is -0.135. The van der Waals surface area contributed by atoms with E-state index in [9.17, 15) is 22.4 Å². The molecule has 2 aliphatic heterocycles. The van der Waals surface area contributed by atoms with Crippen molar-refractivity contribution in [3.05, 3.63) is 52.8 Å². The molecule has 0 unspecified atom stereocenters. The maximum Gasteiger partial charge on any atom is 0.407 e. The van der Waals surface area contributed by atoms with Crippen molar-refractivity contribution in [1.82, 2.24) is 10.2 Å². The van der Waals surface area contributed by atoms with E-state index in [4.69, 9.17) is 16.3 Å². The van der Waals surface area contributed by atoms with Gasteiger partial charge >= 0.3 is 6.09 Å². The molecule has 0 aliphatic carbocycles. The molecule has 2 saturated heterocycles. The van der Waals surface area contributed by atoms with Crippen molar-refractivity contribution in [2.24, 2.45) is 0 Å². The van der Waals surface area contributed by atoms with Crippen molar-refractivity contribution in [3.63, 3.8) is 0 Å². The molecular formula is C22H22ClFN2O5S. The zero-order valence-corrected chi connectivity index (χ0v) is 18.9. The number of sulfone groups is 1. The Hall–Kier alpha value is -2.65. The van der Waals surface area contributed by atoms with Gasteiger partial charge in [0.1, 0.15) is 12.4 Å². The summed E-state index contributed by atoms with van der Waals surface area (Å²) in [4.78, 5) is 25.2. The molecule has 1 N–H and O–H groups in total. The Morgan fingerprint density at radius 1 is 1.22 bits per heavy atom. The van der Waals surface area contributed by atoms with Gasteiger partial charge in [0.05, 0.1) is 10.9 Å². The summed E-state index contributed by atoms with van der Waals surface area (Å²) in [6, 6.07) is 8.91. The van der Waals surface area contributed by atoms with Crippen molar-refractivity contribution in [2.75, 3.05) is 26.0 Å². The number of ether oxygens (including phenoxy) is 1. The number of halogens is 2. The standard InChI is InChI=1S/C22H22ClFN2O5S/c1-32(29,30)20-8-13(2-5-18(20)17-6-3-15(23)9-19(17)24)14-10-26(11-14)21(27)7-4-16-12-31-22(28)25-16/h2-3,5-6,8-9,14,16H,4,7,10-12H2,1H3,(H,25,28)/t16-/m1/s1. The molecule has 0 radical (unpaired) electrons. The Morgan fingerprint density at radius 2 is 1.94 bits per heavy atom. The van der Waals surface area contributed by atoms with E-state index in [-0.39, 0.29) is 45.5 Å². The summed E-state index contributed by atoms with van der Waals surface area (Å²) in [5.41, 5.74) is 1.22. The van der Waals surface area contributed by atoms with Gasteiger partial charge in [-0.25, -0.2) is 17.6 Å². The van der Waals surface area contributed by atoms with Gasteiger partial charge in [-0.15, -0.1) is 0 Å². The SMILES string of the molecule is CS(=O)(=O)c1cc(C2CN(C(=O)CC[C@@H]3COC(=O)N3)C2)ccc1-c1ccc(Cl)cc1F. The number of hydrogen-bond acceptors (Lipinski definition) is 5. The third kappa shape index (κ3) is 4.73. The van der Waals surface area contributed by atoms with E-state index in [2.05, 4.69) is 5.32 Å². The highest BCUT2D eigenvalue weighted by Crippen LogP contribution is 2.35. The van der Waals surface area contributed by atoms with Gasteiger partial charge in [0.15, 0.2) is 9.84 Å². The molecular weight excluding hydrogens is 459 g/mol. The van der Waals surface area contributed by atoms with Crippen LogP contribution in [0.4, 0.5) is 9.18 Å². The second-order valence-electron chi connectivity index (χ2n) is 8.13. The summed E-state index contributed by atoms with van der Waals surface area (Å²) < 4.78 is 44.1. The minimum Gasteiger partial charge on any atom is -0.447 e. The molecule has 2 fully saturated rings. The number of hydrogen-bond donors (Lipinski definition) is 1. The Morgan fingerprint density at radius 3 is 2.56 bits per heavy atom. The average molecular weight is 481 g/mol. The van der Waals surface area contributed by atoms with E-state index >= 15 is 0 Å². The topological polar surface area (TPSA) is 92.8 Å². The lowest BCUT2D eigenvalue weighted by Gasteiger charge is -2.40. The third-order valence-corrected chi connectivity index (χ3v) is 7.15. The number of benzene rings is 2. The predicted molar refractivity (Wildman–Crippen MR) is 117 cm³/mol. The molecule has 0 spiro atoms. The minimum atomic E-state index is -3.63. The van der Waals surface area contributed by atoms with Crippen LogP contribution in [0.5, 0.6) is 0 Å². The second-order valence-corrected chi connectivity index (χ2v) is 10.5. The molecule has 7 nitrogen and oxygen atoms in total. The van der Waals surface area contributed by atoms with E-state index in [0.717, 1.165) is 17.9 Å². The van der Waals surface area contributed by atoms with Crippen molar-refractivity contribution >= 4 is 33.4 Å². The van der Waals surface area contributed by atoms with Gasteiger partial charge < -0.3 is 15.0 Å².